The zero-order valence-corrected chi connectivity index (χ0v) is 16.8. The molecular weight excluding hydrogens is 362 g/mol. The number of hydrogen-bond acceptors (Lipinski definition) is 5. The quantitative estimate of drug-likeness (QED) is 0.794. The fourth-order valence-electron chi connectivity index (χ4n) is 3.14. The molecule has 27 heavy (non-hydrogen) atoms. The average molecular weight is 388 g/mol. The van der Waals surface area contributed by atoms with Crippen LogP contribution in [0.3, 0.4) is 0 Å². The Balaban J connectivity index is 1.46. The van der Waals surface area contributed by atoms with Crippen LogP contribution in [0.25, 0.3) is 0 Å². The molecule has 2 aromatic rings. The SMILES string of the molecule is Cc1ccc(C)c(SCC(=O)N2CCC(C(=O)Nc3cc(C)on3)CC2)c1. The number of anilines is 1. The summed E-state index contributed by atoms with van der Waals surface area (Å²) in [7, 11) is 0. The first kappa shape index (κ1) is 19.5. The third kappa shape index (κ3) is 5.13. The number of rotatable bonds is 5. The van der Waals surface area contributed by atoms with Crippen molar-refractivity contribution in [3.63, 3.8) is 0 Å². The van der Waals surface area contributed by atoms with Crippen LogP contribution in [0, 0.1) is 26.7 Å². The van der Waals surface area contributed by atoms with E-state index in [1.807, 2.05) is 4.90 Å². The second-order valence-corrected chi connectivity index (χ2v) is 8.04. The van der Waals surface area contributed by atoms with Gasteiger partial charge < -0.3 is 14.7 Å². The van der Waals surface area contributed by atoms with E-state index in [-0.39, 0.29) is 17.7 Å². The summed E-state index contributed by atoms with van der Waals surface area (Å²) in [6.45, 7) is 7.13. The zero-order chi connectivity index (χ0) is 19.4. The van der Waals surface area contributed by atoms with Gasteiger partial charge in [-0.3, -0.25) is 9.59 Å². The smallest absolute Gasteiger partial charge is 0.232 e. The summed E-state index contributed by atoms with van der Waals surface area (Å²) in [6, 6.07) is 7.98. The van der Waals surface area contributed by atoms with Crippen molar-refractivity contribution in [2.75, 3.05) is 24.2 Å². The normalized spacial score (nSPS) is 15.0. The fraction of sp³-hybridized carbons (Fsp3) is 0.450. The largest absolute Gasteiger partial charge is 0.360 e. The van der Waals surface area contributed by atoms with Crippen molar-refractivity contribution in [2.45, 2.75) is 38.5 Å². The predicted molar refractivity (Wildman–Crippen MR) is 106 cm³/mol. The lowest BCUT2D eigenvalue weighted by Gasteiger charge is -2.31. The van der Waals surface area contributed by atoms with Gasteiger partial charge >= 0.3 is 0 Å². The molecule has 2 amide bonds. The molecule has 0 unspecified atom stereocenters. The number of likely N-dealkylation sites (tertiary alicyclic amines) is 1. The van der Waals surface area contributed by atoms with Gasteiger partial charge in [0.25, 0.3) is 0 Å². The first-order valence-corrected chi connectivity index (χ1v) is 10.1. The van der Waals surface area contributed by atoms with Gasteiger partial charge in [-0.2, -0.15) is 0 Å². The maximum atomic E-state index is 12.5. The molecule has 2 heterocycles. The van der Waals surface area contributed by atoms with Crippen LogP contribution in [0.5, 0.6) is 0 Å². The molecule has 144 valence electrons. The van der Waals surface area contributed by atoms with E-state index in [9.17, 15) is 9.59 Å². The highest BCUT2D eigenvalue weighted by Crippen LogP contribution is 2.25. The summed E-state index contributed by atoms with van der Waals surface area (Å²) >= 11 is 1.58. The summed E-state index contributed by atoms with van der Waals surface area (Å²) in [4.78, 5) is 27.9. The van der Waals surface area contributed by atoms with Crippen molar-refractivity contribution in [3.8, 4) is 0 Å². The third-order valence-electron chi connectivity index (χ3n) is 4.79. The van der Waals surface area contributed by atoms with Gasteiger partial charge in [0, 0.05) is 30.0 Å². The Morgan fingerprint density at radius 3 is 2.63 bits per heavy atom. The van der Waals surface area contributed by atoms with Crippen molar-refractivity contribution >= 4 is 29.4 Å². The van der Waals surface area contributed by atoms with E-state index in [1.54, 1.807) is 24.8 Å². The van der Waals surface area contributed by atoms with Gasteiger partial charge in [-0.15, -0.1) is 11.8 Å². The molecule has 0 bridgehead atoms. The summed E-state index contributed by atoms with van der Waals surface area (Å²) in [5, 5.41) is 6.57. The standard InChI is InChI=1S/C20H25N3O3S/c1-13-4-5-14(2)17(10-13)27-12-19(24)23-8-6-16(7-9-23)20(25)21-18-11-15(3)26-22-18/h4-5,10-11,16H,6-9,12H2,1-3H3,(H,21,22,25). The lowest BCUT2D eigenvalue weighted by Crippen LogP contribution is -2.42. The van der Waals surface area contributed by atoms with Crippen LogP contribution in [0.2, 0.25) is 0 Å². The predicted octanol–water partition coefficient (Wildman–Crippen LogP) is 3.57. The molecule has 0 radical (unpaired) electrons. The lowest BCUT2D eigenvalue weighted by molar-refractivity contribution is -0.132. The third-order valence-corrected chi connectivity index (χ3v) is 5.93. The number of piperidine rings is 1. The van der Waals surface area contributed by atoms with E-state index >= 15 is 0 Å². The van der Waals surface area contributed by atoms with Crippen molar-refractivity contribution in [1.29, 1.82) is 0 Å². The van der Waals surface area contributed by atoms with Gasteiger partial charge in [-0.25, -0.2) is 0 Å². The average Bonchev–Trinajstić information content (AvgIpc) is 3.07. The number of aryl methyl sites for hydroxylation is 3. The van der Waals surface area contributed by atoms with Gasteiger partial charge in [0.15, 0.2) is 5.82 Å². The Labute approximate surface area is 163 Å². The number of carbonyl (C=O) groups is 2. The topological polar surface area (TPSA) is 75.4 Å². The number of carbonyl (C=O) groups excluding carboxylic acids is 2. The summed E-state index contributed by atoms with van der Waals surface area (Å²) in [6.07, 6.45) is 1.34. The van der Waals surface area contributed by atoms with E-state index in [1.165, 1.54) is 11.1 Å². The number of aromatic nitrogens is 1. The molecule has 3 rings (SSSR count). The number of thioether (sulfide) groups is 1. The number of amides is 2. The second kappa shape index (κ2) is 8.61. The van der Waals surface area contributed by atoms with Gasteiger partial charge in [0.05, 0.1) is 5.75 Å². The highest BCUT2D eigenvalue weighted by Gasteiger charge is 2.27. The molecule has 1 aliphatic heterocycles. The first-order chi connectivity index (χ1) is 12.9. The van der Waals surface area contributed by atoms with Crippen molar-refractivity contribution < 1.29 is 14.1 Å². The van der Waals surface area contributed by atoms with E-state index in [4.69, 9.17) is 4.52 Å². The van der Waals surface area contributed by atoms with Crippen LogP contribution in [0.4, 0.5) is 5.82 Å². The Hall–Kier alpha value is -2.28. The van der Waals surface area contributed by atoms with Crippen LogP contribution in [-0.2, 0) is 9.59 Å². The number of benzene rings is 1. The maximum Gasteiger partial charge on any atom is 0.232 e. The number of nitrogens with one attached hydrogen (secondary N) is 1. The minimum atomic E-state index is -0.0993. The van der Waals surface area contributed by atoms with E-state index in [0.717, 1.165) is 4.90 Å². The van der Waals surface area contributed by atoms with Crippen LogP contribution in [-0.4, -0.2) is 40.7 Å². The molecule has 1 aromatic carbocycles. The minimum Gasteiger partial charge on any atom is -0.360 e. The molecule has 0 aliphatic carbocycles. The van der Waals surface area contributed by atoms with Gasteiger partial charge in [0.1, 0.15) is 5.76 Å². The molecular formula is C20H25N3O3S. The van der Waals surface area contributed by atoms with Crippen LogP contribution in [0.1, 0.15) is 29.7 Å². The van der Waals surface area contributed by atoms with Crippen LogP contribution >= 0.6 is 11.8 Å². The minimum absolute atomic E-state index is 0.0554. The first-order valence-electron chi connectivity index (χ1n) is 9.14. The summed E-state index contributed by atoms with van der Waals surface area (Å²) < 4.78 is 4.96. The zero-order valence-electron chi connectivity index (χ0n) is 15.9. The molecule has 0 atom stereocenters. The van der Waals surface area contributed by atoms with Crippen LogP contribution in [0.15, 0.2) is 33.7 Å². The molecule has 1 fully saturated rings. The van der Waals surface area contributed by atoms with Crippen molar-refractivity contribution in [1.82, 2.24) is 10.1 Å². The molecule has 1 aliphatic rings. The van der Waals surface area contributed by atoms with Gasteiger partial charge in [-0.1, -0.05) is 22.9 Å². The molecule has 0 spiro atoms. The summed E-state index contributed by atoms with van der Waals surface area (Å²) in [5.41, 5.74) is 2.39. The van der Waals surface area contributed by atoms with Crippen LogP contribution < -0.4 is 5.32 Å². The van der Waals surface area contributed by atoms with E-state index in [2.05, 4.69) is 42.5 Å². The Morgan fingerprint density at radius 1 is 1.22 bits per heavy atom. The monoisotopic (exact) mass is 387 g/mol. The van der Waals surface area contributed by atoms with Gasteiger partial charge in [0.2, 0.25) is 11.8 Å². The Bertz CT molecular complexity index is 826. The summed E-state index contributed by atoms with van der Waals surface area (Å²) in [5.74, 6) is 1.51. The maximum absolute atomic E-state index is 12.5. The van der Waals surface area contributed by atoms with Crippen molar-refractivity contribution in [2.24, 2.45) is 5.92 Å². The number of nitrogens with zero attached hydrogens (tertiary/aromatic N) is 2. The molecule has 1 saturated heterocycles. The lowest BCUT2D eigenvalue weighted by atomic mass is 9.96. The van der Waals surface area contributed by atoms with E-state index < -0.39 is 0 Å². The van der Waals surface area contributed by atoms with E-state index in [0.29, 0.717) is 43.3 Å². The number of hydrogen-bond donors (Lipinski definition) is 1. The molecule has 6 nitrogen and oxygen atoms in total. The molecule has 1 aromatic heterocycles. The Morgan fingerprint density at radius 2 is 1.96 bits per heavy atom. The highest BCUT2D eigenvalue weighted by atomic mass is 32.2. The fourth-order valence-corrected chi connectivity index (χ4v) is 4.16. The molecule has 7 heteroatoms. The highest BCUT2D eigenvalue weighted by molar-refractivity contribution is 8.00. The van der Waals surface area contributed by atoms with Gasteiger partial charge in [-0.05, 0) is 45.2 Å². The Kier molecular flexibility index (Phi) is 6.21. The molecule has 0 saturated carbocycles. The molecule has 1 N–H and O–H groups in total. The van der Waals surface area contributed by atoms with Crippen molar-refractivity contribution in [3.05, 3.63) is 41.2 Å². The second-order valence-electron chi connectivity index (χ2n) is 7.02.